The van der Waals surface area contributed by atoms with Crippen LogP contribution in [0.4, 0.5) is 0 Å². The zero-order valence-electron chi connectivity index (χ0n) is 80.4. The highest BCUT2D eigenvalue weighted by Crippen LogP contribution is 2.50. The molecule has 0 spiro atoms. The van der Waals surface area contributed by atoms with E-state index in [2.05, 4.69) is 468 Å². The third-order valence-corrected chi connectivity index (χ3v) is 34.2. The lowest BCUT2D eigenvalue weighted by atomic mass is 10.1. The fourth-order valence-electron chi connectivity index (χ4n) is 22.7. The first-order valence-corrected chi connectivity index (χ1v) is 53.6. The summed E-state index contributed by atoms with van der Waals surface area (Å²) in [6, 6.07) is 168. The second-order valence-electron chi connectivity index (χ2n) is 38.0. The Morgan fingerprint density at radius 2 is 0.633 bits per heavy atom. The Bertz CT molecular complexity index is 11100. The van der Waals surface area contributed by atoms with Gasteiger partial charge in [0.15, 0.2) is 11.5 Å². The van der Waals surface area contributed by atoms with Gasteiger partial charge in [-0.05, 0) is 164 Å². The van der Waals surface area contributed by atoms with Crippen molar-refractivity contribution in [1.29, 1.82) is 0 Å². The molecule has 0 saturated heterocycles. The van der Waals surface area contributed by atoms with Crippen molar-refractivity contribution in [3.8, 4) is 85.1 Å². The van der Waals surface area contributed by atoms with Crippen molar-refractivity contribution in [1.82, 2.24) is 52.0 Å². The maximum atomic E-state index is 5.15. The second kappa shape index (κ2) is 35.5. The molecule has 15 aromatic heterocycles. The predicted octanol–water partition coefficient (Wildman–Crippen LogP) is 35.9. The molecule has 33 rings (SSSR count). The highest BCUT2D eigenvalue weighted by atomic mass is 32.1. The summed E-state index contributed by atoms with van der Waals surface area (Å²) in [5.41, 5.74) is 25.5. The molecule has 33 aromatic rings. The minimum absolute atomic E-state index is 0.718. The summed E-state index contributed by atoms with van der Waals surface area (Å²) in [5, 5.41) is 22.0. The summed E-state index contributed by atoms with van der Waals surface area (Å²) in [6.07, 6.45) is 10.4. The molecule has 0 unspecified atom stereocenters. The van der Waals surface area contributed by atoms with E-state index in [1.807, 2.05) is 118 Å². The molecule has 15 heterocycles. The molecular weight excluding hydrogens is 1910 g/mol. The Labute approximate surface area is 874 Å². The van der Waals surface area contributed by atoms with Crippen LogP contribution in [0.25, 0.3) is 275 Å². The number of benzene rings is 18. The van der Waals surface area contributed by atoms with Crippen molar-refractivity contribution >= 4 is 235 Å². The molecule has 18 aromatic carbocycles. The zero-order chi connectivity index (χ0) is 98.5. The lowest BCUT2D eigenvalue weighted by Gasteiger charge is -2.12. The number of hydrogen-bond acceptors (Lipinski definition) is 9. The average molecular weight is 1990 g/mol. The number of thiophene rings is 4. The highest BCUT2D eigenvalue weighted by molar-refractivity contribution is 7.28. The van der Waals surface area contributed by atoms with E-state index in [4.69, 9.17) is 19.9 Å². The molecule has 0 saturated carbocycles. The molecule has 12 nitrogen and oxygen atoms in total. The van der Waals surface area contributed by atoms with E-state index >= 15 is 0 Å². The van der Waals surface area contributed by atoms with Gasteiger partial charge in [-0.1, -0.05) is 297 Å². The number of nitrogens with zero attached hydrogens (tertiary/aromatic N) is 12. The van der Waals surface area contributed by atoms with Crippen molar-refractivity contribution in [2.75, 3.05) is 0 Å². The van der Waals surface area contributed by atoms with Gasteiger partial charge in [0.05, 0.1) is 72.9 Å². The lowest BCUT2D eigenvalue weighted by molar-refractivity contribution is -0.554. The van der Waals surface area contributed by atoms with E-state index < -0.39 is 0 Å². The summed E-state index contributed by atoms with van der Waals surface area (Å²) in [7, 11) is 0. The molecule has 0 fully saturated rings. The lowest BCUT2D eigenvalue weighted by Crippen LogP contribution is -2.31. The first-order chi connectivity index (χ1) is 74.4. The topological polar surface area (TPSA) is 96.9 Å². The molecule has 702 valence electrons. The minimum atomic E-state index is 0.718. The number of hydrogen-bond donors (Lipinski definition) is 0. The van der Waals surface area contributed by atoms with Gasteiger partial charge in [-0.3, -0.25) is 14.1 Å². The maximum Gasteiger partial charge on any atom is 0.291 e. The Morgan fingerprint density at radius 1 is 0.227 bits per heavy atom. The average Bonchev–Trinajstić information content (AvgIpc) is 1.58. The number of imidazole rings is 2. The summed E-state index contributed by atoms with van der Waals surface area (Å²) >= 11 is 7.53. The van der Waals surface area contributed by atoms with Crippen LogP contribution < -0.4 is 4.57 Å². The van der Waals surface area contributed by atoms with Gasteiger partial charge in [0.25, 0.3) is 5.65 Å². The van der Waals surface area contributed by atoms with Crippen LogP contribution in [-0.2, 0) is 0 Å². The molecule has 0 aliphatic carbocycles. The minimum Gasteiger partial charge on any atom is -0.309 e. The molecule has 0 radical (unpaired) electrons. The SMILES string of the molecule is c1cc(-c2cnc3ccccc3c2)nc(-n2c3ccccc3c3c4sc5ccccc5c4ccc32)c1.c1ccc(-[n+]2c(-c3ccc(-n4c5ccccc5c5c6sc7ccccc7c6ccc54)cc3)cn3ccccc32)cc1.c1ccc(-c2cc(-n3c4ccccc4c4c5sc6ccccc6c5ccc43)nc(-c3ccccc3)n2)cc1.c1ccc2c(c1)sc1c2ccc2c1c1ccccc1n2-c1ccc(-c2cn3ccccc3n2)cc1. The molecule has 0 aliphatic rings. The molecule has 0 N–H and O–H groups in total. The van der Waals surface area contributed by atoms with Crippen molar-refractivity contribution in [3.05, 3.63) is 504 Å². The van der Waals surface area contributed by atoms with E-state index in [1.54, 1.807) is 0 Å². The third-order valence-electron chi connectivity index (χ3n) is 29.4. The normalized spacial score (nSPS) is 11.9. The van der Waals surface area contributed by atoms with E-state index in [9.17, 15) is 0 Å². The van der Waals surface area contributed by atoms with Gasteiger partial charge in [0.1, 0.15) is 29.2 Å². The van der Waals surface area contributed by atoms with Crippen LogP contribution in [0.5, 0.6) is 0 Å². The van der Waals surface area contributed by atoms with Crippen molar-refractivity contribution < 1.29 is 4.57 Å². The largest absolute Gasteiger partial charge is 0.309 e. The van der Waals surface area contributed by atoms with Crippen LogP contribution >= 0.6 is 45.3 Å². The number of para-hydroxylation sites is 6. The van der Waals surface area contributed by atoms with Crippen LogP contribution in [0.15, 0.2) is 504 Å². The molecular formula is C134H83N12S4+. The molecule has 0 atom stereocenters. The van der Waals surface area contributed by atoms with Gasteiger partial charge >= 0.3 is 0 Å². The third kappa shape index (κ3) is 14.3. The van der Waals surface area contributed by atoms with Crippen LogP contribution in [0.3, 0.4) is 0 Å². The van der Waals surface area contributed by atoms with Crippen LogP contribution in [0.2, 0.25) is 0 Å². The van der Waals surface area contributed by atoms with E-state index in [0.717, 1.165) is 113 Å². The van der Waals surface area contributed by atoms with Gasteiger partial charge in [0, 0.05) is 199 Å². The van der Waals surface area contributed by atoms with Crippen LogP contribution in [-0.4, -0.2) is 52.0 Å². The summed E-state index contributed by atoms with van der Waals surface area (Å²) < 4.78 is 26.7. The second-order valence-corrected chi connectivity index (χ2v) is 42.2. The van der Waals surface area contributed by atoms with Gasteiger partial charge in [-0.25, -0.2) is 24.3 Å². The van der Waals surface area contributed by atoms with Gasteiger partial charge in [-0.2, -0.15) is 4.57 Å². The highest BCUT2D eigenvalue weighted by Gasteiger charge is 2.28. The van der Waals surface area contributed by atoms with E-state index in [-0.39, 0.29) is 0 Å². The van der Waals surface area contributed by atoms with Gasteiger partial charge in [-0.15, -0.1) is 45.3 Å². The fourth-order valence-corrected chi connectivity index (χ4v) is 27.7. The molecule has 0 bridgehead atoms. The first-order valence-electron chi connectivity index (χ1n) is 50.3. The molecule has 150 heavy (non-hydrogen) atoms. The fraction of sp³-hybridized carbons (Fsp3) is 0. The Balaban J connectivity index is 0.0000000920. The van der Waals surface area contributed by atoms with Gasteiger partial charge in [0.2, 0.25) is 0 Å². The number of aromatic nitrogens is 12. The van der Waals surface area contributed by atoms with Crippen molar-refractivity contribution in [3.63, 3.8) is 0 Å². The maximum absolute atomic E-state index is 5.15. The predicted molar refractivity (Wildman–Crippen MR) is 632 cm³/mol. The van der Waals surface area contributed by atoms with E-state index in [0.29, 0.717) is 0 Å². The molecule has 0 amide bonds. The van der Waals surface area contributed by atoms with Crippen LogP contribution in [0.1, 0.15) is 0 Å². The number of fused-ring (bicyclic) bond motifs is 31. The molecule has 16 heteroatoms. The van der Waals surface area contributed by atoms with Crippen molar-refractivity contribution in [2.45, 2.75) is 0 Å². The Hall–Kier alpha value is -18.9. The summed E-state index contributed by atoms with van der Waals surface area (Å²) in [6.45, 7) is 0. The summed E-state index contributed by atoms with van der Waals surface area (Å²) in [4.78, 5) is 24.7. The quantitative estimate of drug-likeness (QED) is 0.127. The van der Waals surface area contributed by atoms with Crippen LogP contribution in [0, 0.1) is 0 Å². The van der Waals surface area contributed by atoms with E-state index in [1.165, 1.54) is 162 Å². The van der Waals surface area contributed by atoms with Gasteiger partial charge < -0.3 is 13.5 Å². The number of pyridine rings is 4. The first kappa shape index (κ1) is 86.5. The Kier molecular flexibility index (Phi) is 20.5. The van der Waals surface area contributed by atoms with Crippen molar-refractivity contribution in [2.24, 2.45) is 0 Å². The smallest absolute Gasteiger partial charge is 0.291 e. The Morgan fingerprint density at radius 3 is 1.14 bits per heavy atom. The zero-order valence-corrected chi connectivity index (χ0v) is 83.7. The monoisotopic (exact) mass is 1990 g/mol. The number of rotatable bonds is 10. The summed E-state index contributed by atoms with van der Waals surface area (Å²) in [5.74, 6) is 2.49. The standard InChI is InChI=1S/C37H24N3S.C34H21N3S.C32H19N3S.C31H19N3S/c1-2-10-26(11-3-1)40-33(24-38-23-9-8-16-35(38)40)25-17-19-27(20-18-25)39-31-14-6-4-13-30(31)36-32(39)22-21-29-28-12-5-7-15-34(28)41-37(29)36;1-3-11-22(12-4-1)27-21-31(36-34(35-27)23-13-5-2-6-14-23)37-28-17-9-7-16-26(28)32-29(37)20-19-25-24-15-8-10-18-30(24)38-33(25)32;1-4-11-25-20(8-1)18-21(19-33-25)26-12-7-15-30(34-26)35-27-13-5-2-10-24(27)31-28(35)17-16-23-22-9-3-6-14-29(22)36-32(23)31;1-3-9-26-24(8-1)30-27(17-16-23-22-7-2-4-10-28(22)35-31(23)30)34(26)21-14-12-20(13-15-21)25-19-33-18-6-5-11-29(33)32-25/h1-24H;1-21H;1-19H;1-19H/q+1;;;. The molecule has 0 aliphatic heterocycles.